The van der Waals surface area contributed by atoms with Crippen LogP contribution in [-0.4, -0.2) is 48.0 Å². The average molecular weight is 563 g/mol. The van der Waals surface area contributed by atoms with Gasteiger partial charge in [0.15, 0.2) is 17.2 Å². The van der Waals surface area contributed by atoms with Crippen molar-refractivity contribution in [3.8, 4) is 6.07 Å². The van der Waals surface area contributed by atoms with Crippen molar-refractivity contribution in [1.82, 2.24) is 4.90 Å². The molecule has 7 nitrogen and oxygen atoms in total. The molecule has 2 saturated carbocycles. The summed E-state index contributed by atoms with van der Waals surface area (Å²) in [7, 11) is 3.27. The Hall–Kier alpha value is -2.75. The summed E-state index contributed by atoms with van der Waals surface area (Å²) in [5.41, 5.74) is -4.83. The molecule has 1 saturated heterocycles. The Labute approximate surface area is 244 Å². The Morgan fingerprint density at radius 2 is 1.73 bits per heavy atom. The van der Waals surface area contributed by atoms with Gasteiger partial charge >= 0.3 is 5.97 Å². The monoisotopic (exact) mass is 562 g/mol. The highest BCUT2D eigenvalue weighted by molar-refractivity contribution is 6.16. The number of esters is 1. The van der Waals surface area contributed by atoms with E-state index in [9.17, 15) is 24.4 Å². The minimum absolute atomic E-state index is 0.0314. The highest BCUT2D eigenvalue weighted by Crippen LogP contribution is 2.77. The van der Waals surface area contributed by atoms with Crippen molar-refractivity contribution in [2.24, 2.45) is 44.3 Å². The third kappa shape index (κ3) is 3.20. The number of ether oxygens (including phenoxy) is 1. The highest BCUT2D eigenvalue weighted by atomic mass is 16.6. The molecule has 0 radical (unpaired) electrons. The van der Waals surface area contributed by atoms with E-state index in [0.29, 0.717) is 38.5 Å². The molecule has 7 heteroatoms. The van der Waals surface area contributed by atoms with Gasteiger partial charge in [0.1, 0.15) is 11.5 Å². The van der Waals surface area contributed by atoms with Crippen LogP contribution in [0, 0.1) is 55.7 Å². The molecule has 3 fully saturated rings. The number of carbonyl (C=O) groups is 4. The average Bonchev–Trinajstić information content (AvgIpc) is 3.05. The summed E-state index contributed by atoms with van der Waals surface area (Å²) >= 11 is 0. The summed E-state index contributed by atoms with van der Waals surface area (Å²) in [4.78, 5) is 57.4. The van der Waals surface area contributed by atoms with E-state index in [2.05, 4.69) is 40.7 Å². The maximum Gasteiger partial charge on any atom is 0.313 e. The zero-order valence-corrected chi connectivity index (χ0v) is 26.5. The lowest BCUT2D eigenvalue weighted by molar-refractivity contribution is -0.204. The lowest BCUT2D eigenvalue weighted by Crippen LogP contribution is -2.71. The topological polar surface area (TPSA) is 105 Å². The molecule has 0 aromatic carbocycles. The Balaban J connectivity index is 1.79. The van der Waals surface area contributed by atoms with Crippen molar-refractivity contribution in [3.05, 3.63) is 23.3 Å². The van der Waals surface area contributed by atoms with Crippen molar-refractivity contribution >= 4 is 23.4 Å². The highest BCUT2D eigenvalue weighted by Gasteiger charge is 2.81. The molecule has 0 aromatic rings. The number of ketones is 2. The summed E-state index contributed by atoms with van der Waals surface area (Å²) in [6.07, 6.45) is 7.29. The zero-order chi connectivity index (χ0) is 30.8. The fourth-order valence-electron chi connectivity index (χ4n) is 10.4. The van der Waals surface area contributed by atoms with Crippen molar-refractivity contribution in [2.75, 3.05) is 14.1 Å². The van der Waals surface area contributed by atoms with Crippen molar-refractivity contribution in [3.63, 3.8) is 0 Å². The Bertz CT molecular complexity index is 1380. The number of hydrogen-bond acceptors (Lipinski definition) is 6. The van der Waals surface area contributed by atoms with Gasteiger partial charge in [0.05, 0.1) is 11.0 Å². The van der Waals surface area contributed by atoms with Crippen LogP contribution in [0.1, 0.15) is 93.9 Å². The van der Waals surface area contributed by atoms with Crippen molar-refractivity contribution in [1.29, 1.82) is 5.26 Å². The first-order chi connectivity index (χ1) is 18.8. The van der Waals surface area contributed by atoms with Crippen molar-refractivity contribution in [2.45, 2.75) is 99.5 Å². The van der Waals surface area contributed by atoms with Gasteiger partial charge in [0.2, 0.25) is 5.91 Å². The number of nitriles is 1. The molecular formula is C34H46N2O5. The Morgan fingerprint density at radius 3 is 2.27 bits per heavy atom. The molecule has 41 heavy (non-hydrogen) atoms. The van der Waals surface area contributed by atoms with E-state index in [1.807, 2.05) is 13.8 Å². The first-order valence-electron chi connectivity index (χ1n) is 15.2. The van der Waals surface area contributed by atoms with Crippen LogP contribution in [0.4, 0.5) is 0 Å². The smallest absolute Gasteiger partial charge is 0.313 e. The van der Waals surface area contributed by atoms with Crippen LogP contribution in [0.15, 0.2) is 23.3 Å². The molecule has 1 amide bonds. The van der Waals surface area contributed by atoms with Gasteiger partial charge in [-0.3, -0.25) is 19.2 Å². The summed E-state index contributed by atoms with van der Waals surface area (Å²) in [5, 5.41) is 10.1. The SMILES string of the molecule is CC[C@@]12CC[C@@]3(C)[C@]4(C)CC[C@H]5[C@](C)(C(=O)N(C)C)C(=O)C(C#N)=C[C@]5(C)C4=CC(=O)[C@]3(OC1=O)C2CC(C)(C)C. The molecule has 0 aromatic heterocycles. The van der Waals surface area contributed by atoms with Crippen LogP contribution in [0.5, 0.6) is 0 Å². The zero-order valence-electron chi connectivity index (χ0n) is 26.5. The van der Waals surface area contributed by atoms with E-state index < -0.39 is 44.4 Å². The number of rotatable bonds is 3. The second kappa shape index (κ2) is 8.42. The summed E-state index contributed by atoms with van der Waals surface area (Å²) < 4.78 is 6.48. The molecule has 1 heterocycles. The van der Waals surface area contributed by atoms with E-state index in [-0.39, 0.29) is 34.6 Å². The molecule has 2 bridgehead atoms. The summed E-state index contributed by atoms with van der Waals surface area (Å²) in [6.45, 7) is 16.5. The van der Waals surface area contributed by atoms with Gasteiger partial charge in [-0.1, -0.05) is 54.5 Å². The molecule has 1 spiro atoms. The van der Waals surface area contributed by atoms with E-state index in [1.165, 1.54) is 4.90 Å². The van der Waals surface area contributed by atoms with Gasteiger partial charge in [0, 0.05) is 30.8 Å². The van der Waals surface area contributed by atoms with Crippen LogP contribution in [-0.2, 0) is 23.9 Å². The van der Waals surface area contributed by atoms with E-state index in [0.717, 1.165) is 5.57 Å². The molecule has 5 rings (SSSR count). The van der Waals surface area contributed by atoms with Gasteiger partial charge in [-0.15, -0.1) is 0 Å². The third-order valence-corrected chi connectivity index (χ3v) is 12.7. The van der Waals surface area contributed by atoms with Gasteiger partial charge in [-0.25, -0.2) is 0 Å². The van der Waals surface area contributed by atoms with E-state index >= 15 is 0 Å². The standard InChI is InChI=1S/C34H46N2O5/c1-11-33-15-14-31(7)30(6)13-12-21-29(5,17-20(19-35)25(38)32(21,8)26(39)36(9)10)22(30)16-24(37)34(31,41-27(33)40)23(33)18-28(2,3)4/h16-17,21,23H,11-15,18H2,1-10H3/t21-,23?,29+,30-,31+,32+,33+,34-/m1/s1. The minimum Gasteiger partial charge on any atom is -0.449 e. The molecule has 1 unspecified atom stereocenters. The number of allylic oxidation sites excluding steroid dienone is 3. The Morgan fingerprint density at radius 1 is 1.10 bits per heavy atom. The molecule has 8 atom stereocenters. The molecule has 0 N–H and O–H groups in total. The second-order valence-corrected chi connectivity index (χ2v) is 15.8. The van der Waals surface area contributed by atoms with Gasteiger partial charge in [0.25, 0.3) is 0 Å². The summed E-state index contributed by atoms with van der Waals surface area (Å²) in [5.74, 6) is -1.88. The van der Waals surface area contributed by atoms with Gasteiger partial charge in [-0.05, 0) is 73.8 Å². The van der Waals surface area contributed by atoms with Crippen LogP contribution >= 0.6 is 0 Å². The lowest BCUT2D eigenvalue weighted by atomic mass is 9.34. The number of amides is 1. The van der Waals surface area contributed by atoms with Crippen LogP contribution < -0.4 is 0 Å². The third-order valence-electron chi connectivity index (χ3n) is 12.7. The number of fused-ring (bicyclic) bond motifs is 5. The lowest BCUT2D eigenvalue weighted by Gasteiger charge is -2.68. The maximum absolute atomic E-state index is 14.8. The molecular weight excluding hydrogens is 516 g/mol. The predicted octanol–water partition coefficient (Wildman–Crippen LogP) is 5.59. The van der Waals surface area contributed by atoms with E-state index in [4.69, 9.17) is 4.74 Å². The Kier molecular flexibility index (Phi) is 6.11. The van der Waals surface area contributed by atoms with E-state index in [1.54, 1.807) is 33.2 Å². The normalized spacial score (nSPS) is 45.0. The van der Waals surface area contributed by atoms with Gasteiger partial charge in [-0.2, -0.15) is 5.26 Å². The number of hydrogen-bond donors (Lipinski definition) is 0. The summed E-state index contributed by atoms with van der Waals surface area (Å²) in [6, 6.07) is 2.08. The largest absolute Gasteiger partial charge is 0.449 e. The maximum atomic E-state index is 14.8. The molecule has 4 aliphatic carbocycles. The number of Topliss-reactive ketones (excluding diaryl/α,β-unsaturated/α-hetero) is 1. The molecule has 222 valence electrons. The van der Waals surface area contributed by atoms with Crippen LogP contribution in [0.3, 0.4) is 0 Å². The minimum atomic E-state index is -1.43. The fraction of sp³-hybridized carbons (Fsp3) is 0.735. The van der Waals surface area contributed by atoms with Crippen LogP contribution in [0.25, 0.3) is 0 Å². The predicted molar refractivity (Wildman–Crippen MR) is 154 cm³/mol. The fourth-order valence-corrected chi connectivity index (χ4v) is 10.4. The van der Waals surface area contributed by atoms with Crippen molar-refractivity contribution < 1.29 is 23.9 Å². The first kappa shape index (κ1) is 29.7. The number of nitrogens with zero attached hydrogens (tertiary/aromatic N) is 2. The molecule has 1 aliphatic heterocycles. The van der Waals surface area contributed by atoms with Gasteiger partial charge < -0.3 is 9.64 Å². The van der Waals surface area contributed by atoms with Crippen LogP contribution in [0.2, 0.25) is 0 Å². The second-order valence-electron chi connectivity index (χ2n) is 15.8. The number of carbonyl (C=O) groups excluding carboxylic acids is 4. The molecule has 5 aliphatic rings. The quantitative estimate of drug-likeness (QED) is 0.328. The first-order valence-corrected chi connectivity index (χ1v) is 15.2.